The van der Waals surface area contributed by atoms with Gasteiger partial charge in [0.1, 0.15) is 5.75 Å². The highest BCUT2D eigenvalue weighted by atomic mass is 16.3. The quantitative estimate of drug-likeness (QED) is 0.575. The molecule has 6 heteroatoms. The molecular formula is C13H14N4O2. The fourth-order valence-corrected chi connectivity index (χ4v) is 1.54. The molecule has 0 spiro atoms. The third-order valence-electron chi connectivity index (χ3n) is 2.58. The first-order valence-electron chi connectivity index (χ1n) is 5.72. The zero-order chi connectivity index (χ0) is 13.8. The number of phenols is 1. The standard InChI is InChI=1S/C13H14N4O2/c1-8-4-3-5-10(12(8)18)7-14-17-13(19)11-6-9(2)15-16-11/h3-7,18H,1-2H3,(H,15,16)(H,17,19)/b14-7-. The van der Waals surface area contributed by atoms with E-state index in [9.17, 15) is 9.90 Å². The molecule has 2 aromatic rings. The van der Waals surface area contributed by atoms with E-state index in [-0.39, 0.29) is 11.4 Å². The van der Waals surface area contributed by atoms with E-state index in [0.717, 1.165) is 11.3 Å². The average Bonchev–Trinajstić information content (AvgIpc) is 2.81. The van der Waals surface area contributed by atoms with Crippen LogP contribution in [-0.4, -0.2) is 27.4 Å². The number of aromatic hydroxyl groups is 1. The molecule has 0 aliphatic heterocycles. The van der Waals surface area contributed by atoms with Crippen LogP contribution in [0.5, 0.6) is 5.75 Å². The second kappa shape index (κ2) is 5.34. The number of para-hydroxylation sites is 1. The van der Waals surface area contributed by atoms with Crippen LogP contribution in [0.25, 0.3) is 0 Å². The van der Waals surface area contributed by atoms with Crippen LogP contribution in [0.3, 0.4) is 0 Å². The van der Waals surface area contributed by atoms with Gasteiger partial charge in [-0.2, -0.15) is 10.2 Å². The SMILES string of the molecule is Cc1cc(C(=O)N/N=C\c2cccc(C)c2O)n[nH]1. The number of nitrogens with zero attached hydrogens (tertiary/aromatic N) is 2. The summed E-state index contributed by atoms with van der Waals surface area (Å²) in [6.45, 7) is 3.59. The van der Waals surface area contributed by atoms with Gasteiger partial charge in [0.15, 0.2) is 5.69 Å². The van der Waals surface area contributed by atoms with Crippen LogP contribution in [0, 0.1) is 13.8 Å². The van der Waals surface area contributed by atoms with Gasteiger partial charge in [-0.3, -0.25) is 9.89 Å². The van der Waals surface area contributed by atoms with E-state index in [1.807, 2.05) is 0 Å². The van der Waals surface area contributed by atoms with E-state index in [2.05, 4.69) is 20.7 Å². The number of carbonyl (C=O) groups excluding carboxylic acids is 1. The number of rotatable bonds is 3. The summed E-state index contributed by atoms with van der Waals surface area (Å²) in [5, 5.41) is 20.0. The number of aromatic nitrogens is 2. The Morgan fingerprint density at radius 2 is 2.26 bits per heavy atom. The number of aromatic amines is 1. The number of phenolic OH excluding ortho intramolecular Hbond substituents is 1. The molecule has 19 heavy (non-hydrogen) atoms. The van der Waals surface area contributed by atoms with Crippen LogP contribution in [0.4, 0.5) is 0 Å². The van der Waals surface area contributed by atoms with Crippen molar-refractivity contribution in [2.45, 2.75) is 13.8 Å². The zero-order valence-corrected chi connectivity index (χ0v) is 10.6. The summed E-state index contributed by atoms with van der Waals surface area (Å²) in [6, 6.07) is 6.92. The second-order valence-electron chi connectivity index (χ2n) is 4.15. The largest absolute Gasteiger partial charge is 0.507 e. The number of benzene rings is 1. The Kier molecular flexibility index (Phi) is 3.61. The van der Waals surface area contributed by atoms with Gasteiger partial charge in [-0.05, 0) is 31.5 Å². The number of amides is 1. The average molecular weight is 258 g/mol. The molecule has 3 N–H and O–H groups in total. The molecule has 2 rings (SSSR count). The van der Waals surface area contributed by atoms with Crippen molar-refractivity contribution in [3.8, 4) is 5.75 Å². The molecule has 0 saturated carbocycles. The van der Waals surface area contributed by atoms with Crippen molar-refractivity contribution >= 4 is 12.1 Å². The summed E-state index contributed by atoms with van der Waals surface area (Å²) in [5.41, 5.74) is 4.70. The molecule has 98 valence electrons. The van der Waals surface area contributed by atoms with Gasteiger partial charge in [0.05, 0.1) is 6.21 Å². The minimum Gasteiger partial charge on any atom is -0.507 e. The Balaban J connectivity index is 2.04. The molecule has 1 amide bonds. The number of hydrogen-bond donors (Lipinski definition) is 3. The molecule has 0 aliphatic rings. The fraction of sp³-hybridized carbons (Fsp3) is 0.154. The number of hydrazone groups is 1. The van der Waals surface area contributed by atoms with Crippen molar-refractivity contribution in [3.05, 3.63) is 46.8 Å². The third kappa shape index (κ3) is 2.98. The van der Waals surface area contributed by atoms with E-state index >= 15 is 0 Å². The predicted octanol–water partition coefficient (Wildman–Crippen LogP) is 1.50. The smallest absolute Gasteiger partial charge is 0.291 e. The van der Waals surface area contributed by atoms with Gasteiger partial charge in [0.25, 0.3) is 5.91 Å². The van der Waals surface area contributed by atoms with Gasteiger partial charge in [-0.25, -0.2) is 5.43 Å². The summed E-state index contributed by atoms with van der Waals surface area (Å²) in [4.78, 5) is 11.6. The Bertz CT molecular complexity index is 631. The van der Waals surface area contributed by atoms with Crippen molar-refractivity contribution in [3.63, 3.8) is 0 Å². The number of carbonyl (C=O) groups is 1. The lowest BCUT2D eigenvalue weighted by molar-refractivity contribution is 0.0950. The summed E-state index contributed by atoms with van der Waals surface area (Å²) >= 11 is 0. The normalized spacial score (nSPS) is 10.8. The van der Waals surface area contributed by atoms with Crippen molar-refractivity contribution in [1.29, 1.82) is 0 Å². The zero-order valence-electron chi connectivity index (χ0n) is 10.6. The van der Waals surface area contributed by atoms with Crippen LogP contribution in [0.15, 0.2) is 29.4 Å². The summed E-state index contributed by atoms with van der Waals surface area (Å²) in [5.74, 6) is -0.260. The highest BCUT2D eigenvalue weighted by molar-refractivity contribution is 5.93. The van der Waals surface area contributed by atoms with Crippen LogP contribution in [0.2, 0.25) is 0 Å². The van der Waals surface area contributed by atoms with E-state index in [1.54, 1.807) is 38.1 Å². The maximum Gasteiger partial charge on any atom is 0.291 e. The molecule has 0 aliphatic carbocycles. The molecule has 6 nitrogen and oxygen atoms in total. The van der Waals surface area contributed by atoms with Crippen LogP contribution in [0.1, 0.15) is 27.3 Å². The lowest BCUT2D eigenvalue weighted by atomic mass is 10.1. The summed E-state index contributed by atoms with van der Waals surface area (Å²) in [6.07, 6.45) is 1.39. The van der Waals surface area contributed by atoms with E-state index < -0.39 is 5.91 Å². The Labute approximate surface area is 110 Å². The number of nitrogens with one attached hydrogen (secondary N) is 2. The highest BCUT2D eigenvalue weighted by Crippen LogP contribution is 2.19. The van der Waals surface area contributed by atoms with Gasteiger partial charge in [-0.15, -0.1) is 0 Å². The summed E-state index contributed by atoms with van der Waals surface area (Å²) < 4.78 is 0. The lowest BCUT2D eigenvalue weighted by Gasteiger charge is -2.01. The number of aryl methyl sites for hydroxylation is 2. The van der Waals surface area contributed by atoms with Gasteiger partial charge in [-0.1, -0.05) is 12.1 Å². The second-order valence-corrected chi connectivity index (χ2v) is 4.15. The van der Waals surface area contributed by atoms with Crippen molar-refractivity contribution in [2.75, 3.05) is 0 Å². The monoisotopic (exact) mass is 258 g/mol. The van der Waals surface area contributed by atoms with Crippen LogP contribution >= 0.6 is 0 Å². The van der Waals surface area contributed by atoms with Gasteiger partial charge >= 0.3 is 0 Å². The fourth-order valence-electron chi connectivity index (χ4n) is 1.54. The maximum atomic E-state index is 11.6. The predicted molar refractivity (Wildman–Crippen MR) is 71.2 cm³/mol. The molecule has 0 saturated heterocycles. The van der Waals surface area contributed by atoms with Gasteiger partial charge < -0.3 is 5.11 Å². The van der Waals surface area contributed by atoms with E-state index in [1.165, 1.54) is 6.21 Å². The number of H-pyrrole nitrogens is 1. The first-order chi connectivity index (χ1) is 9.08. The molecule has 1 aromatic heterocycles. The molecule has 1 heterocycles. The third-order valence-corrected chi connectivity index (χ3v) is 2.58. The van der Waals surface area contributed by atoms with E-state index in [0.29, 0.717) is 5.56 Å². The minimum atomic E-state index is -0.409. The molecule has 0 fully saturated rings. The summed E-state index contributed by atoms with van der Waals surface area (Å²) in [7, 11) is 0. The van der Waals surface area contributed by atoms with Gasteiger partial charge in [0, 0.05) is 11.3 Å². The minimum absolute atomic E-state index is 0.149. The highest BCUT2D eigenvalue weighted by Gasteiger charge is 2.07. The Morgan fingerprint density at radius 3 is 2.95 bits per heavy atom. The Morgan fingerprint density at radius 1 is 1.47 bits per heavy atom. The van der Waals surface area contributed by atoms with Gasteiger partial charge in [0.2, 0.25) is 0 Å². The van der Waals surface area contributed by atoms with Crippen molar-refractivity contribution in [1.82, 2.24) is 15.6 Å². The van der Waals surface area contributed by atoms with Crippen molar-refractivity contribution < 1.29 is 9.90 Å². The van der Waals surface area contributed by atoms with Crippen molar-refractivity contribution in [2.24, 2.45) is 5.10 Å². The number of hydrogen-bond acceptors (Lipinski definition) is 4. The molecule has 0 bridgehead atoms. The maximum absolute atomic E-state index is 11.6. The lowest BCUT2D eigenvalue weighted by Crippen LogP contribution is -2.18. The molecule has 1 aromatic carbocycles. The Hall–Kier alpha value is -2.63. The first kappa shape index (κ1) is 12.8. The molecule has 0 radical (unpaired) electrons. The topological polar surface area (TPSA) is 90.4 Å². The van der Waals surface area contributed by atoms with Crippen LogP contribution in [-0.2, 0) is 0 Å². The molecular weight excluding hydrogens is 244 g/mol. The molecule has 0 atom stereocenters. The molecule has 0 unspecified atom stereocenters. The van der Waals surface area contributed by atoms with Crippen LogP contribution < -0.4 is 5.43 Å². The van der Waals surface area contributed by atoms with E-state index in [4.69, 9.17) is 0 Å². The first-order valence-corrected chi connectivity index (χ1v) is 5.72.